The van der Waals surface area contributed by atoms with E-state index in [1.165, 1.54) is 0 Å². The number of hydrogen-bond donors (Lipinski definition) is 3. The molecule has 2 heterocycles. The normalized spacial score (nSPS) is 22.5. The van der Waals surface area contributed by atoms with E-state index < -0.39 is 0 Å². The third kappa shape index (κ3) is 6.60. The molecule has 0 aliphatic carbocycles. The number of hydrogen-bond acceptors (Lipinski definition) is 6. The Labute approximate surface area is 207 Å². The summed E-state index contributed by atoms with van der Waals surface area (Å²) in [6.45, 7) is 10.5. The zero-order valence-electron chi connectivity index (χ0n) is 20.3. The van der Waals surface area contributed by atoms with Gasteiger partial charge in [0.1, 0.15) is 5.70 Å². The van der Waals surface area contributed by atoms with Crippen LogP contribution in [0, 0.1) is 6.92 Å². The molecule has 4 N–H and O–H groups in total. The van der Waals surface area contributed by atoms with E-state index in [0.717, 1.165) is 43.5 Å². The molecule has 0 spiro atoms. The van der Waals surface area contributed by atoms with Crippen LogP contribution in [0.3, 0.4) is 0 Å². The molecule has 2 aliphatic heterocycles. The molecule has 2 unspecified atom stereocenters. The molecular weight excluding hydrogens is 454 g/mol. The molecule has 9 heteroatoms. The van der Waals surface area contributed by atoms with Gasteiger partial charge in [-0.05, 0) is 50.8 Å². The van der Waals surface area contributed by atoms with Crippen LogP contribution in [-0.4, -0.2) is 68.7 Å². The van der Waals surface area contributed by atoms with Crippen molar-refractivity contribution < 1.29 is 14.3 Å². The molecule has 186 valence electrons. The number of piperidine rings is 1. The summed E-state index contributed by atoms with van der Waals surface area (Å²) >= 11 is 6.13. The van der Waals surface area contributed by atoms with Gasteiger partial charge >= 0.3 is 0 Å². The monoisotopic (exact) mass is 489 g/mol. The first-order valence-corrected chi connectivity index (χ1v) is 12.0. The predicted molar refractivity (Wildman–Crippen MR) is 137 cm³/mol. The second kappa shape index (κ2) is 12.4. The van der Waals surface area contributed by atoms with E-state index in [0.29, 0.717) is 42.0 Å². The SMILES string of the molecule is C=C(Nc1cc(Cl)ccc1C)/C(C)=C(\N=C/N)C(=O)N1CCC(NC2CCOCC2OC)CC1. The summed E-state index contributed by atoms with van der Waals surface area (Å²) in [6.07, 6.45) is 3.86. The van der Waals surface area contributed by atoms with Crippen molar-refractivity contribution in [2.75, 3.05) is 38.7 Å². The fraction of sp³-hybridized carbons (Fsp3) is 0.520. The number of allylic oxidation sites excluding steroid dienone is 1. The van der Waals surface area contributed by atoms with Crippen molar-refractivity contribution in [2.45, 2.75) is 51.3 Å². The lowest BCUT2D eigenvalue weighted by atomic mass is 9.99. The Hall–Kier alpha value is -2.39. The molecule has 2 fully saturated rings. The minimum absolute atomic E-state index is 0.0612. The van der Waals surface area contributed by atoms with Gasteiger partial charge in [0.2, 0.25) is 0 Å². The first-order valence-electron chi connectivity index (χ1n) is 11.7. The van der Waals surface area contributed by atoms with Crippen LogP contribution in [0.1, 0.15) is 31.7 Å². The number of benzene rings is 1. The zero-order valence-corrected chi connectivity index (χ0v) is 21.0. The first kappa shape index (κ1) is 26.2. The van der Waals surface area contributed by atoms with Crippen LogP contribution in [0.5, 0.6) is 0 Å². The van der Waals surface area contributed by atoms with Crippen LogP contribution >= 0.6 is 11.6 Å². The van der Waals surface area contributed by atoms with Crippen LogP contribution in [-0.2, 0) is 14.3 Å². The third-order valence-corrected chi connectivity index (χ3v) is 6.77. The molecule has 0 radical (unpaired) electrons. The van der Waals surface area contributed by atoms with Crippen molar-refractivity contribution >= 4 is 29.5 Å². The predicted octanol–water partition coefficient (Wildman–Crippen LogP) is 3.22. The Morgan fingerprint density at radius 3 is 2.76 bits per heavy atom. The highest BCUT2D eigenvalue weighted by Crippen LogP contribution is 2.25. The largest absolute Gasteiger partial charge is 0.390 e. The molecule has 0 bridgehead atoms. The lowest BCUT2D eigenvalue weighted by Gasteiger charge is -2.38. The highest BCUT2D eigenvalue weighted by Gasteiger charge is 2.31. The van der Waals surface area contributed by atoms with Gasteiger partial charge < -0.3 is 30.7 Å². The summed E-state index contributed by atoms with van der Waals surface area (Å²) in [4.78, 5) is 19.4. The molecule has 2 aliphatic rings. The molecule has 1 aromatic carbocycles. The summed E-state index contributed by atoms with van der Waals surface area (Å²) in [5.74, 6) is -0.149. The number of nitrogens with two attached hydrogens (primary N) is 1. The van der Waals surface area contributed by atoms with Crippen LogP contribution in [0.25, 0.3) is 0 Å². The van der Waals surface area contributed by atoms with Gasteiger partial charge in [0.15, 0.2) is 0 Å². The van der Waals surface area contributed by atoms with Gasteiger partial charge in [-0.25, -0.2) is 4.99 Å². The number of aryl methyl sites for hydroxylation is 1. The molecule has 0 aromatic heterocycles. The molecule has 2 saturated heterocycles. The average molecular weight is 490 g/mol. The minimum atomic E-state index is -0.149. The van der Waals surface area contributed by atoms with Gasteiger partial charge in [-0.15, -0.1) is 0 Å². The highest BCUT2D eigenvalue weighted by molar-refractivity contribution is 6.30. The van der Waals surface area contributed by atoms with E-state index in [9.17, 15) is 4.79 Å². The van der Waals surface area contributed by atoms with Crippen molar-refractivity contribution in [1.29, 1.82) is 0 Å². The number of halogens is 1. The Morgan fingerprint density at radius 2 is 2.09 bits per heavy atom. The van der Waals surface area contributed by atoms with Crippen LogP contribution in [0.15, 0.2) is 46.7 Å². The standard InChI is InChI=1S/C25H36ClN5O3/c1-16-5-6-19(26)13-22(16)29-18(3)17(2)24(28-15-27)25(32)31-10-7-20(8-11-31)30-21-9-12-34-14-23(21)33-4/h5-6,13,15,20-21,23,29-30H,3,7-12,14H2,1-2,4H3,(H2,27,28)/b24-17-. The maximum absolute atomic E-state index is 13.4. The Balaban J connectivity index is 1.64. The Bertz CT molecular complexity index is 940. The summed E-state index contributed by atoms with van der Waals surface area (Å²) in [6, 6.07) is 6.19. The van der Waals surface area contributed by atoms with Crippen molar-refractivity contribution in [2.24, 2.45) is 10.7 Å². The summed E-state index contributed by atoms with van der Waals surface area (Å²) in [5.41, 5.74) is 8.93. The molecule has 2 atom stereocenters. The third-order valence-electron chi connectivity index (χ3n) is 6.54. The number of rotatable bonds is 8. The minimum Gasteiger partial charge on any atom is -0.390 e. The molecule has 3 rings (SSSR count). The van der Waals surface area contributed by atoms with E-state index >= 15 is 0 Å². The van der Waals surface area contributed by atoms with Gasteiger partial charge in [-0.2, -0.15) is 0 Å². The van der Waals surface area contributed by atoms with E-state index in [2.05, 4.69) is 22.2 Å². The number of nitrogens with zero attached hydrogens (tertiary/aromatic N) is 2. The average Bonchev–Trinajstić information content (AvgIpc) is 2.84. The van der Waals surface area contributed by atoms with Crippen LogP contribution in [0.2, 0.25) is 5.02 Å². The molecular formula is C25H36ClN5O3. The van der Waals surface area contributed by atoms with E-state index in [1.54, 1.807) is 7.11 Å². The Morgan fingerprint density at radius 1 is 1.35 bits per heavy atom. The second-order valence-corrected chi connectivity index (χ2v) is 9.23. The van der Waals surface area contributed by atoms with Crippen molar-refractivity contribution in [3.63, 3.8) is 0 Å². The number of carbonyl (C=O) groups excluding carboxylic acids is 1. The summed E-state index contributed by atoms with van der Waals surface area (Å²) in [5, 5.41) is 7.59. The molecule has 1 amide bonds. The van der Waals surface area contributed by atoms with E-state index in [1.807, 2.05) is 36.9 Å². The van der Waals surface area contributed by atoms with Gasteiger partial charge in [-0.3, -0.25) is 4.79 Å². The van der Waals surface area contributed by atoms with E-state index in [-0.39, 0.29) is 23.8 Å². The van der Waals surface area contributed by atoms with Crippen molar-refractivity contribution in [3.05, 3.63) is 52.3 Å². The number of nitrogens with one attached hydrogen (secondary N) is 2. The molecule has 1 aromatic rings. The van der Waals surface area contributed by atoms with Crippen LogP contribution in [0.4, 0.5) is 5.69 Å². The quantitative estimate of drug-likeness (QED) is 0.224. The number of amides is 1. The summed E-state index contributed by atoms with van der Waals surface area (Å²) < 4.78 is 11.1. The second-order valence-electron chi connectivity index (χ2n) is 8.79. The fourth-order valence-corrected chi connectivity index (χ4v) is 4.52. The number of methoxy groups -OCH3 is 1. The molecule has 34 heavy (non-hydrogen) atoms. The smallest absolute Gasteiger partial charge is 0.272 e. The van der Waals surface area contributed by atoms with E-state index in [4.69, 9.17) is 26.8 Å². The summed E-state index contributed by atoms with van der Waals surface area (Å²) in [7, 11) is 1.72. The van der Waals surface area contributed by atoms with Gasteiger partial charge in [0.25, 0.3) is 5.91 Å². The maximum Gasteiger partial charge on any atom is 0.272 e. The maximum atomic E-state index is 13.4. The van der Waals surface area contributed by atoms with Crippen LogP contribution < -0.4 is 16.4 Å². The van der Waals surface area contributed by atoms with Crippen molar-refractivity contribution in [3.8, 4) is 0 Å². The molecule has 8 nitrogen and oxygen atoms in total. The molecule has 0 saturated carbocycles. The topological polar surface area (TPSA) is 101 Å². The fourth-order valence-electron chi connectivity index (χ4n) is 4.35. The Kier molecular flexibility index (Phi) is 9.53. The lowest BCUT2D eigenvalue weighted by Crippen LogP contribution is -2.54. The lowest BCUT2D eigenvalue weighted by molar-refractivity contribution is -0.128. The van der Waals surface area contributed by atoms with Gasteiger partial charge in [0, 0.05) is 60.9 Å². The zero-order chi connectivity index (χ0) is 24.7. The number of likely N-dealkylation sites (tertiary alicyclic amines) is 1. The van der Waals surface area contributed by atoms with Gasteiger partial charge in [0.05, 0.1) is 19.0 Å². The van der Waals surface area contributed by atoms with Crippen molar-refractivity contribution in [1.82, 2.24) is 10.2 Å². The first-order chi connectivity index (χ1) is 16.3. The number of carbonyl (C=O) groups is 1. The number of aliphatic imine (C=N–C) groups is 1. The number of ether oxygens (including phenoxy) is 2. The van der Waals surface area contributed by atoms with Gasteiger partial charge in [-0.1, -0.05) is 24.2 Å². The highest BCUT2D eigenvalue weighted by atomic mass is 35.5. The number of anilines is 1.